The molecule has 2 heteroatoms. The first-order valence-electron chi connectivity index (χ1n) is 7.52. The Bertz CT molecular complexity index is 338. The summed E-state index contributed by atoms with van der Waals surface area (Å²) in [4.78, 5) is 0. The van der Waals surface area contributed by atoms with Crippen LogP contribution in [-0.4, -0.2) is 12.9 Å². The molecule has 1 aliphatic rings. The van der Waals surface area contributed by atoms with Crippen LogP contribution in [0.4, 0.5) is 4.39 Å². The first kappa shape index (κ1) is 13.6. The molecule has 0 N–H and O–H groups in total. The smallest absolute Gasteiger partial charge is 0.181 e. The second-order valence-corrected chi connectivity index (χ2v) is 5.62. The van der Waals surface area contributed by atoms with Gasteiger partial charge in [0.1, 0.15) is 0 Å². The Morgan fingerprint density at radius 1 is 1.28 bits per heavy atom. The summed E-state index contributed by atoms with van der Waals surface area (Å²) in [5.41, 5.74) is 1.35. The molecule has 2 rings (SSSR count). The third-order valence-electron chi connectivity index (χ3n) is 4.35. The van der Waals surface area contributed by atoms with E-state index >= 15 is 0 Å². The lowest BCUT2D eigenvalue weighted by molar-refractivity contribution is 0.275. The average molecular weight is 246 g/mol. The Kier molecular flexibility index (Phi) is 5.28. The largest absolute Gasteiger partial charge is 0.248 e. The van der Waals surface area contributed by atoms with Gasteiger partial charge in [-0.1, -0.05) is 81.1 Å². The molecule has 1 aromatic carbocycles. The highest BCUT2D eigenvalue weighted by Gasteiger charge is 2.35. The standard InChI is InChI=1S/C16H24BF/c1-2-3-12-16(18)15-11-7-8-13-17(15)14-9-5-4-6-10-14/h4-6,9-10,15-16H,2-3,7-8,11-13H2,1H3. The number of hydrogen-bond acceptors (Lipinski definition) is 0. The number of unbranched alkanes of at least 4 members (excludes halogenated alkanes) is 1. The average Bonchev–Trinajstić information content (AvgIpc) is 2.45. The van der Waals surface area contributed by atoms with Crippen LogP contribution in [0.5, 0.6) is 0 Å². The summed E-state index contributed by atoms with van der Waals surface area (Å²) in [7, 11) is 0. The molecule has 2 unspecified atom stereocenters. The van der Waals surface area contributed by atoms with Gasteiger partial charge < -0.3 is 0 Å². The van der Waals surface area contributed by atoms with Gasteiger partial charge in [0.2, 0.25) is 0 Å². The Hall–Kier alpha value is -0.785. The lowest BCUT2D eigenvalue weighted by atomic mass is 9.31. The van der Waals surface area contributed by atoms with E-state index in [9.17, 15) is 4.39 Å². The molecule has 0 amide bonds. The minimum absolute atomic E-state index is 0.257. The monoisotopic (exact) mass is 246 g/mol. The number of halogens is 1. The molecule has 1 aromatic rings. The van der Waals surface area contributed by atoms with E-state index in [1.165, 1.54) is 24.6 Å². The van der Waals surface area contributed by atoms with Crippen molar-refractivity contribution in [2.45, 2.75) is 63.8 Å². The maximum atomic E-state index is 14.4. The summed E-state index contributed by atoms with van der Waals surface area (Å²) in [6.45, 7) is 2.59. The van der Waals surface area contributed by atoms with Gasteiger partial charge in [0.15, 0.2) is 6.71 Å². The predicted molar refractivity (Wildman–Crippen MR) is 78.7 cm³/mol. The van der Waals surface area contributed by atoms with Crippen molar-refractivity contribution in [2.24, 2.45) is 0 Å². The highest BCUT2D eigenvalue weighted by Crippen LogP contribution is 2.35. The lowest BCUT2D eigenvalue weighted by Crippen LogP contribution is -2.41. The van der Waals surface area contributed by atoms with Crippen molar-refractivity contribution in [3.05, 3.63) is 30.3 Å². The van der Waals surface area contributed by atoms with Gasteiger partial charge in [-0.3, -0.25) is 0 Å². The van der Waals surface area contributed by atoms with Crippen LogP contribution >= 0.6 is 0 Å². The molecule has 1 saturated heterocycles. The number of benzene rings is 1. The Labute approximate surface area is 111 Å². The van der Waals surface area contributed by atoms with E-state index in [2.05, 4.69) is 31.2 Å². The highest BCUT2D eigenvalue weighted by atomic mass is 19.1. The minimum atomic E-state index is -0.601. The first-order chi connectivity index (χ1) is 8.83. The molecule has 98 valence electrons. The van der Waals surface area contributed by atoms with Crippen molar-refractivity contribution >= 4 is 12.2 Å². The SMILES string of the molecule is CCCCC(F)C1CCCCB1c1ccccc1. The molecule has 0 radical (unpaired) electrons. The highest BCUT2D eigenvalue weighted by molar-refractivity contribution is 6.74. The topological polar surface area (TPSA) is 0 Å². The normalized spacial score (nSPS) is 21.9. The van der Waals surface area contributed by atoms with Crippen LogP contribution in [0, 0.1) is 0 Å². The molecule has 0 aliphatic carbocycles. The van der Waals surface area contributed by atoms with E-state index in [0.717, 1.165) is 25.7 Å². The molecule has 0 bridgehead atoms. The molecule has 1 aliphatic heterocycles. The van der Waals surface area contributed by atoms with Gasteiger partial charge in [0, 0.05) is 0 Å². The van der Waals surface area contributed by atoms with Crippen LogP contribution in [0.15, 0.2) is 30.3 Å². The maximum Gasteiger partial charge on any atom is 0.181 e. The van der Waals surface area contributed by atoms with Crippen LogP contribution in [0.25, 0.3) is 0 Å². The molecule has 1 heterocycles. The van der Waals surface area contributed by atoms with Crippen molar-refractivity contribution < 1.29 is 4.39 Å². The summed E-state index contributed by atoms with van der Waals surface area (Å²) in [5.74, 6) is 0.257. The fourth-order valence-corrected chi connectivity index (χ4v) is 3.32. The number of rotatable bonds is 5. The van der Waals surface area contributed by atoms with Gasteiger partial charge in [0.05, 0.1) is 6.17 Å². The van der Waals surface area contributed by atoms with Gasteiger partial charge >= 0.3 is 0 Å². The summed E-state index contributed by atoms with van der Waals surface area (Å²) in [6.07, 6.45) is 6.99. The minimum Gasteiger partial charge on any atom is -0.248 e. The predicted octanol–water partition coefficient (Wildman–Crippen LogP) is 4.47. The number of alkyl halides is 1. The zero-order chi connectivity index (χ0) is 12.8. The second kappa shape index (κ2) is 6.96. The van der Waals surface area contributed by atoms with Crippen molar-refractivity contribution in [2.75, 3.05) is 0 Å². The van der Waals surface area contributed by atoms with Gasteiger partial charge in [-0.05, 0) is 12.2 Å². The molecule has 1 fully saturated rings. The van der Waals surface area contributed by atoms with Gasteiger partial charge in [-0.15, -0.1) is 0 Å². The number of hydrogen-bond donors (Lipinski definition) is 0. The van der Waals surface area contributed by atoms with Crippen molar-refractivity contribution in [3.63, 3.8) is 0 Å². The third-order valence-corrected chi connectivity index (χ3v) is 4.35. The van der Waals surface area contributed by atoms with Crippen LogP contribution in [-0.2, 0) is 0 Å². The summed E-state index contributed by atoms with van der Waals surface area (Å²) in [5, 5.41) is 0. The molecule has 0 aromatic heterocycles. The fraction of sp³-hybridized carbons (Fsp3) is 0.625. The van der Waals surface area contributed by atoms with E-state index in [-0.39, 0.29) is 5.82 Å². The third kappa shape index (κ3) is 3.37. The first-order valence-corrected chi connectivity index (χ1v) is 7.52. The molecule has 0 spiro atoms. The van der Waals surface area contributed by atoms with Crippen LogP contribution in [0.3, 0.4) is 0 Å². The molecule has 0 nitrogen and oxygen atoms in total. The second-order valence-electron chi connectivity index (χ2n) is 5.62. The van der Waals surface area contributed by atoms with E-state index in [1.807, 2.05) is 6.07 Å². The van der Waals surface area contributed by atoms with Gasteiger partial charge in [-0.2, -0.15) is 0 Å². The summed E-state index contributed by atoms with van der Waals surface area (Å²) >= 11 is 0. The molecule has 2 atom stereocenters. The van der Waals surface area contributed by atoms with E-state index in [4.69, 9.17) is 0 Å². The van der Waals surface area contributed by atoms with E-state index in [1.54, 1.807) is 0 Å². The van der Waals surface area contributed by atoms with Crippen LogP contribution in [0.1, 0.15) is 45.4 Å². The van der Waals surface area contributed by atoms with Crippen molar-refractivity contribution in [3.8, 4) is 0 Å². The van der Waals surface area contributed by atoms with Crippen LogP contribution < -0.4 is 5.46 Å². The van der Waals surface area contributed by atoms with Crippen molar-refractivity contribution in [1.82, 2.24) is 0 Å². The molecular formula is C16H24BF. The zero-order valence-electron chi connectivity index (χ0n) is 11.4. The van der Waals surface area contributed by atoms with Gasteiger partial charge in [0.25, 0.3) is 0 Å². The Balaban J connectivity index is 2.06. The Morgan fingerprint density at radius 3 is 2.78 bits per heavy atom. The lowest BCUT2D eigenvalue weighted by Gasteiger charge is -2.32. The quantitative estimate of drug-likeness (QED) is 0.672. The van der Waals surface area contributed by atoms with Crippen molar-refractivity contribution in [1.29, 1.82) is 0 Å². The maximum absolute atomic E-state index is 14.4. The molecule has 18 heavy (non-hydrogen) atoms. The zero-order valence-corrected chi connectivity index (χ0v) is 11.4. The fourth-order valence-electron chi connectivity index (χ4n) is 3.32. The van der Waals surface area contributed by atoms with E-state index < -0.39 is 6.17 Å². The summed E-state index contributed by atoms with van der Waals surface area (Å²) in [6, 6.07) is 10.6. The van der Waals surface area contributed by atoms with Gasteiger partial charge in [-0.25, -0.2) is 4.39 Å². The molecular weight excluding hydrogens is 222 g/mol. The van der Waals surface area contributed by atoms with E-state index in [0.29, 0.717) is 6.71 Å². The summed E-state index contributed by atoms with van der Waals surface area (Å²) < 4.78 is 14.4. The van der Waals surface area contributed by atoms with Crippen LogP contribution in [0.2, 0.25) is 12.1 Å². The Morgan fingerprint density at radius 2 is 2.06 bits per heavy atom. The molecule has 0 saturated carbocycles.